The first-order valence-electron chi connectivity index (χ1n) is 4.30. The summed E-state index contributed by atoms with van der Waals surface area (Å²) in [4.78, 5) is 4.05. The Hall–Kier alpha value is -1.75. The second-order valence-corrected chi connectivity index (χ2v) is 3.34. The third kappa shape index (κ3) is 2.38. The molecular formula is C9H9ClN4O. The van der Waals surface area contributed by atoms with Crippen LogP contribution in [0.4, 0.5) is 11.5 Å². The minimum atomic E-state index is 0.481. The summed E-state index contributed by atoms with van der Waals surface area (Å²) in [6.07, 6.45) is 3.11. The number of nitrogen functional groups attached to an aromatic ring is 1. The number of halogens is 1. The molecular weight excluding hydrogens is 216 g/mol. The van der Waals surface area contributed by atoms with Gasteiger partial charge in [0.1, 0.15) is 5.82 Å². The molecule has 0 aliphatic rings. The maximum absolute atomic E-state index is 5.92. The van der Waals surface area contributed by atoms with Crippen molar-refractivity contribution in [2.24, 2.45) is 0 Å². The van der Waals surface area contributed by atoms with Crippen molar-refractivity contribution in [1.82, 2.24) is 10.1 Å². The lowest BCUT2D eigenvalue weighted by atomic mass is 10.4. The monoisotopic (exact) mass is 224 g/mol. The van der Waals surface area contributed by atoms with Gasteiger partial charge in [-0.1, -0.05) is 16.8 Å². The van der Waals surface area contributed by atoms with Crippen LogP contribution in [0.5, 0.6) is 0 Å². The lowest BCUT2D eigenvalue weighted by Crippen LogP contribution is -2.01. The number of nitrogens with two attached hydrogens (primary N) is 1. The van der Waals surface area contributed by atoms with Crippen LogP contribution in [0.25, 0.3) is 0 Å². The SMILES string of the molecule is Nc1cnc(NCc2ccno2)c(Cl)c1. The summed E-state index contributed by atoms with van der Waals surface area (Å²) in [6, 6.07) is 3.40. The summed E-state index contributed by atoms with van der Waals surface area (Å²) < 4.78 is 4.91. The number of hydrogen-bond donors (Lipinski definition) is 2. The average molecular weight is 225 g/mol. The van der Waals surface area contributed by atoms with Crippen LogP contribution in [-0.2, 0) is 6.54 Å². The fourth-order valence-electron chi connectivity index (χ4n) is 1.09. The van der Waals surface area contributed by atoms with Gasteiger partial charge in [0.25, 0.3) is 0 Å². The van der Waals surface area contributed by atoms with Crippen LogP contribution in [0.15, 0.2) is 29.0 Å². The van der Waals surface area contributed by atoms with E-state index in [9.17, 15) is 0 Å². The molecule has 0 atom stereocenters. The van der Waals surface area contributed by atoms with E-state index in [0.717, 1.165) is 0 Å². The Morgan fingerprint density at radius 1 is 1.53 bits per heavy atom. The van der Waals surface area contributed by atoms with E-state index in [0.29, 0.717) is 28.8 Å². The zero-order valence-corrected chi connectivity index (χ0v) is 8.53. The number of anilines is 2. The Labute approximate surface area is 91.2 Å². The van der Waals surface area contributed by atoms with Crippen molar-refractivity contribution in [1.29, 1.82) is 0 Å². The van der Waals surface area contributed by atoms with Crippen molar-refractivity contribution in [2.75, 3.05) is 11.1 Å². The van der Waals surface area contributed by atoms with Crippen LogP contribution >= 0.6 is 11.6 Å². The molecule has 2 heterocycles. The van der Waals surface area contributed by atoms with Gasteiger partial charge in [0.2, 0.25) is 0 Å². The zero-order valence-electron chi connectivity index (χ0n) is 7.77. The summed E-state index contributed by atoms with van der Waals surface area (Å²) in [6.45, 7) is 0.483. The largest absolute Gasteiger partial charge is 0.397 e. The molecule has 6 heteroatoms. The van der Waals surface area contributed by atoms with Gasteiger partial charge >= 0.3 is 0 Å². The molecule has 0 radical (unpaired) electrons. The molecule has 0 aliphatic heterocycles. The number of aromatic nitrogens is 2. The molecule has 0 unspecified atom stereocenters. The Balaban J connectivity index is 2.05. The zero-order chi connectivity index (χ0) is 10.7. The first kappa shape index (κ1) is 9.79. The minimum absolute atomic E-state index is 0.481. The molecule has 5 nitrogen and oxygen atoms in total. The Bertz CT molecular complexity index is 443. The van der Waals surface area contributed by atoms with Gasteiger partial charge in [0, 0.05) is 6.07 Å². The molecule has 0 saturated heterocycles. The van der Waals surface area contributed by atoms with Gasteiger partial charge in [-0.2, -0.15) is 0 Å². The van der Waals surface area contributed by atoms with E-state index in [2.05, 4.69) is 15.5 Å². The van der Waals surface area contributed by atoms with Crippen molar-refractivity contribution >= 4 is 23.1 Å². The van der Waals surface area contributed by atoms with Crippen molar-refractivity contribution in [2.45, 2.75) is 6.54 Å². The Kier molecular flexibility index (Phi) is 2.73. The van der Waals surface area contributed by atoms with Crippen LogP contribution in [-0.4, -0.2) is 10.1 Å². The number of hydrogen-bond acceptors (Lipinski definition) is 5. The standard InChI is InChI=1S/C9H9ClN4O/c10-8-3-6(11)4-12-9(8)13-5-7-1-2-14-15-7/h1-4H,5,11H2,(H,12,13). The summed E-state index contributed by atoms with van der Waals surface area (Å²) in [5, 5.41) is 7.07. The number of pyridine rings is 1. The summed E-state index contributed by atoms with van der Waals surface area (Å²) in [5.74, 6) is 1.28. The Morgan fingerprint density at radius 3 is 3.07 bits per heavy atom. The van der Waals surface area contributed by atoms with Gasteiger partial charge in [-0.3, -0.25) is 0 Å². The molecule has 0 aromatic carbocycles. The summed E-state index contributed by atoms with van der Waals surface area (Å²) in [7, 11) is 0. The van der Waals surface area contributed by atoms with Crippen molar-refractivity contribution in [3.05, 3.63) is 35.3 Å². The molecule has 2 rings (SSSR count). The summed E-state index contributed by atoms with van der Waals surface area (Å²) >= 11 is 5.92. The predicted octanol–water partition coefficient (Wildman–Crippen LogP) is 1.92. The van der Waals surface area contributed by atoms with Crippen LogP contribution in [0.3, 0.4) is 0 Å². The highest BCUT2D eigenvalue weighted by molar-refractivity contribution is 6.33. The van der Waals surface area contributed by atoms with Gasteiger partial charge in [0.05, 0.1) is 29.6 Å². The van der Waals surface area contributed by atoms with Crippen molar-refractivity contribution in [3.63, 3.8) is 0 Å². The third-order valence-corrected chi connectivity index (χ3v) is 2.07. The van der Waals surface area contributed by atoms with E-state index in [1.54, 1.807) is 18.3 Å². The van der Waals surface area contributed by atoms with E-state index < -0.39 is 0 Å². The molecule has 3 N–H and O–H groups in total. The van der Waals surface area contributed by atoms with Gasteiger partial charge < -0.3 is 15.6 Å². The second-order valence-electron chi connectivity index (χ2n) is 2.93. The lowest BCUT2D eigenvalue weighted by molar-refractivity contribution is 0.388. The smallest absolute Gasteiger partial charge is 0.155 e. The van der Waals surface area contributed by atoms with Gasteiger partial charge in [-0.15, -0.1) is 0 Å². The quantitative estimate of drug-likeness (QED) is 0.833. The number of nitrogens with one attached hydrogen (secondary N) is 1. The normalized spacial score (nSPS) is 10.2. The number of nitrogens with zero attached hydrogens (tertiary/aromatic N) is 2. The highest BCUT2D eigenvalue weighted by Crippen LogP contribution is 2.21. The highest BCUT2D eigenvalue weighted by atomic mass is 35.5. The van der Waals surface area contributed by atoms with Crippen LogP contribution < -0.4 is 11.1 Å². The molecule has 2 aromatic heterocycles. The molecule has 0 fully saturated rings. The van der Waals surface area contributed by atoms with E-state index in [1.165, 1.54) is 6.20 Å². The molecule has 15 heavy (non-hydrogen) atoms. The molecule has 0 spiro atoms. The molecule has 0 bridgehead atoms. The molecule has 0 amide bonds. The minimum Gasteiger partial charge on any atom is -0.397 e. The second kappa shape index (κ2) is 4.18. The fourth-order valence-corrected chi connectivity index (χ4v) is 1.33. The van der Waals surface area contributed by atoms with Gasteiger partial charge in [0.15, 0.2) is 5.76 Å². The molecule has 2 aromatic rings. The van der Waals surface area contributed by atoms with Crippen molar-refractivity contribution in [3.8, 4) is 0 Å². The van der Waals surface area contributed by atoms with Gasteiger partial charge in [-0.25, -0.2) is 4.98 Å². The molecule has 78 valence electrons. The Morgan fingerprint density at radius 2 is 2.40 bits per heavy atom. The summed E-state index contributed by atoms with van der Waals surface area (Å²) in [5.41, 5.74) is 6.05. The van der Waals surface area contributed by atoms with Crippen LogP contribution in [0.1, 0.15) is 5.76 Å². The first-order chi connectivity index (χ1) is 7.25. The maximum atomic E-state index is 5.92. The van der Waals surface area contributed by atoms with Crippen LogP contribution in [0, 0.1) is 0 Å². The van der Waals surface area contributed by atoms with Gasteiger partial charge in [-0.05, 0) is 6.07 Å². The highest BCUT2D eigenvalue weighted by Gasteiger charge is 2.03. The topological polar surface area (TPSA) is 77.0 Å². The van der Waals surface area contributed by atoms with E-state index >= 15 is 0 Å². The van der Waals surface area contributed by atoms with E-state index in [-0.39, 0.29) is 0 Å². The van der Waals surface area contributed by atoms with E-state index in [4.69, 9.17) is 21.9 Å². The molecule has 0 aliphatic carbocycles. The van der Waals surface area contributed by atoms with E-state index in [1.807, 2.05) is 0 Å². The third-order valence-electron chi connectivity index (χ3n) is 1.78. The predicted molar refractivity (Wildman–Crippen MR) is 57.5 cm³/mol. The molecule has 0 saturated carbocycles. The first-order valence-corrected chi connectivity index (χ1v) is 4.68. The number of rotatable bonds is 3. The van der Waals surface area contributed by atoms with Crippen LogP contribution in [0.2, 0.25) is 5.02 Å². The fraction of sp³-hybridized carbons (Fsp3) is 0.111. The maximum Gasteiger partial charge on any atom is 0.155 e. The average Bonchev–Trinajstić information content (AvgIpc) is 2.69. The van der Waals surface area contributed by atoms with Crippen molar-refractivity contribution < 1.29 is 4.52 Å². The lowest BCUT2D eigenvalue weighted by Gasteiger charge is -2.05.